The van der Waals surface area contributed by atoms with Crippen LogP contribution in [-0.4, -0.2) is 22.4 Å². The minimum absolute atomic E-state index is 0.352. The molecule has 31 heavy (non-hydrogen) atoms. The van der Waals surface area contributed by atoms with Crippen LogP contribution in [0.4, 0.5) is 11.6 Å². The Labute approximate surface area is 179 Å². The van der Waals surface area contributed by atoms with Gasteiger partial charge in [0, 0.05) is 24.0 Å². The summed E-state index contributed by atoms with van der Waals surface area (Å²) in [5.41, 5.74) is 9.40. The van der Waals surface area contributed by atoms with Crippen LogP contribution in [0.1, 0.15) is 33.7 Å². The number of aromatic nitrogens is 2. The van der Waals surface area contributed by atoms with Gasteiger partial charge >= 0.3 is 0 Å². The highest BCUT2D eigenvalue weighted by molar-refractivity contribution is 6.08. The third-order valence-corrected chi connectivity index (χ3v) is 5.59. The molecule has 1 aliphatic heterocycles. The molecule has 2 aromatic heterocycles. The van der Waals surface area contributed by atoms with Crippen molar-refractivity contribution >= 4 is 28.5 Å². The van der Waals surface area contributed by atoms with Crippen molar-refractivity contribution in [3.63, 3.8) is 0 Å². The Morgan fingerprint density at radius 3 is 2.81 bits per heavy atom. The van der Waals surface area contributed by atoms with Crippen molar-refractivity contribution in [1.82, 2.24) is 9.97 Å². The van der Waals surface area contributed by atoms with Crippen LogP contribution in [0.15, 0.2) is 52.9 Å². The average Bonchev–Trinajstić information content (AvgIpc) is 3.13. The number of rotatable bonds is 5. The van der Waals surface area contributed by atoms with Crippen LogP contribution in [0.2, 0.25) is 0 Å². The van der Waals surface area contributed by atoms with Crippen molar-refractivity contribution < 1.29 is 9.21 Å². The Hall–Kier alpha value is -3.87. The van der Waals surface area contributed by atoms with Crippen molar-refractivity contribution in [1.29, 1.82) is 0 Å². The molecule has 0 fully saturated rings. The SMILES string of the molecule is Cc1oc2c(C(N)=O)cccc2c1-c1nc2c(c(NCc3ccccc3)n1)CCCN2. The van der Waals surface area contributed by atoms with Crippen molar-refractivity contribution in [3.8, 4) is 11.4 Å². The molecule has 0 unspecified atom stereocenters. The number of fused-ring (bicyclic) bond motifs is 2. The Morgan fingerprint density at radius 1 is 1.16 bits per heavy atom. The molecule has 4 N–H and O–H groups in total. The molecule has 0 saturated carbocycles. The zero-order chi connectivity index (χ0) is 21.4. The molecule has 0 aliphatic carbocycles. The van der Waals surface area contributed by atoms with Gasteiger partial charge in [0.15, 0.2) is 5.82 Å². The van der Waals surface area contributed by atoms with Gasteiger partial charge in [-0.3, -0.25) is 4.79 Å². The second-order valence-corrected chi connectivity index (χ2v) is 7.67. The molecule has 0 spiro atoms. The largest absolute Gasteiger partial charge is 0.460 e. The predicted octanol–water partition coefficient (Wildman–Crippen LogP) is 4.27. The van der Waals surface area contributed by atoms with Gasteiger partial charge in [-0.1, -0.05) is 42.5 Å². The maximum absolute atomic E-state index is 11.8. The van der Waals surface area contributed by atoms with Crippen LogP contribution in [-0.2, 0) is 13.0 Å². The van der Waals surface area contributed by atoms with E-state index < -0.39 is 5.91 Å². The summed E-state index contributed by atoms with van der Waals surface area (Å²) in [4.78, 5) is 21.6. The lowest BCUT2D eigenvalue weighted by molar-refractivity contribution is 0.100. The first-order valence-corrected chi connectivity index (χ1v) is 10.4. The van der Waals surface area contributed by atoms with Gasteiger partial charge < -0.3 is 20.8 Å². The summed E-state index contributed by atoms with van der Waals surface area (Å²) in [7, 11) is 0. The van der Waals surface area contributed by atoms with Gasteiger partial charge in [-0.25, -0.2) is 9.97 Å². The molecule has 1 aliphatic rings. The number of nitrogens with one attached hydrogen (secondary N) is 2. The van der Waals surface area contributed by atoms with Gasteiger partial charge in [-0.15, -0.1) is 0 Å². The van der Waals surface area contributed by atoms with Crippen molar-refractivity contribution in [3.05, 3.63) is 71.0 Å². The number of furan rings is 1. The number of amides is 1. The summed E-state index contributed by atoms with van der Waals surface area (Å²) in [6.07, 6.45) is 1.95. The van der Waals surface area contributed by atoms with Crippen molar-refractivity contribution in [2.24, 2.45) is 5.73 Å². The van der Waals surface area contributed by atoms with Gasteiger partial charge in [0.1, 0.15) is 23.0 Å². The van der Waals surface area contributed by atoms with Crippen molar-refractivity contribution in [2.75, 3.05) is 17.2 Å². The highest BCUT2D eigenvalue weighted by Crippen LogP contribution is 2.37. The van der Waals surface area contributed by atoms with E-state index in [0.717, 1.165) is 47.5 Å². The zero-order valence-electron chi connectivity index (χ0n) is 17.2. The van der Waals surface area contributed by atoms with E-state index in [0.29, 0.717) is 29.3 Å². The first kappa shape index (κ1) is 19.1. The number of benzene rings is 2. The van der Waals surface area contributed by atoms with E-state index >= 15 is 0 Å². The lowest BCUT2D eigenvalue weighted by atomic mass is 10.0. The summed E-state index contributed by atoms with van der Waals surface area (Å²) in [5, 5.41) is 7.67. The second-order valence-electron chi connectivity index (χ2n) is 7.67. The molecular formula is C24H23N5O2. The molecule has 156 valence electrons. The third-order valence-electron chi connectivity index (χ3n) is 5.59. The molecule has 0 atom stereocenters. The minimum Gasteiger partial charge on any atom is -0.460 e. The van der Waals surface area contributed by atoms with E-state index in [4.69, 9.17) is 20.1 Å². The Morgan fingerprint density at radius 2 is 2.00 bits per heavy atom. The Kier molecular flexibility index (Phi) is 4.78. The maximum Gasteiger partial charge on any atom is 0.252 e. The number of nitrogens with zero attached hydrogens (tertiary/aromatic N) is 2. The summed E-state index contributed by atoms with van der Waals surface area (Å²) < 4.78 is 5.94. The van der Waals surface area contributed by atoms with Gasteiger partial charge in [-0.05, 0) is 31.4 Å². The smallest absolute Gasteiger partial charge is 0.252 e. The Bertz CT molecular complexity index is 1280. The fraction of sp³-hybridized carbons (Fsp3) is 0.208. The number of primary amides is 1. The number of carbonyl (C=O) groups excluding carboxylic acids is 1. The molecule has 0 bridgehead atoms. The van der Waals surface area contributed by atoms with E-state index in [-0.39, 0.29) is 0 Å². The zero-order valence-corrected chi connectivity index (χ0v) is 17.2. The van der Waals surface area contributed by atoms with Crippen LogP contribution < -0.4 is 16.4 Å². The van der Waals surface area contributed by atoms with Crippen molar-refractivity contribution in [2.45, 2.75) is 26.3 Å². The highest BCUT2D eigenvalue weighted by atomic mass is 16.3. The number of anilines is 2. The number of para-hydroxylation sites is 1. The monoisotopic (exact) mass is 413 g/mol. The molecular weight excluding hydrogens is 390 g/mol. The van der Waals surface area contributed by atoms with Gasteiger partial charge in [0.25, 0.3) is 5.91 Å². The molecule has 4 aromatic rings. The lowest BCUT2D eigenvalue weighted by Crippen LogP contribution is -2.17. The standard InChI is InChI=1S/C24H23N5O2/c1-14-19(16-9-5-10-17(21(25)30)20(16)31-14)24-28-22-18(11-6-12-26-22)23(29-24)27-13-15-7-3-2-4-8-15/h2-5,7-10H,6,11-13H2,1H3,(H2,25,30)(H2,26,27,28,29). The number of nitrogens with two attached hydrogens (primary N) is 1. The Balaban J connectivity index is 1.62. The van der Waals surface area contributed by atoms with E-state index in [9.17, 15) is 4.79 Å². The first-order chi connectivity index (χ1) is 15.1. The molecule has 0 saturated heterocycles. The van der Waals surface area contributed by atoms with Crippen LogP contribution in [0.3, 0.4) is 0 Å². The number of hydrogen-bond acceptors (Lipinski definition) is 6. The van der Waals surface area contributed by atoms with E-state index in [1.165, 1.54) is 5.56 Å². The van der Waals surface area contributed by atoms with Crippen LogP contribution in [0, 0.1) is 6.92 Å². The molecule has 0 radical (unpaired) electrons. The highest BCUT2D eigenvalue weighted by Gasteiger charge is 2.23. The first-order valence-electron chi connectivity index (χ1n) is 10.4. The van der Waals surface area contributed by atoms with Gasteiger partial charge in [-0.2, -0.15) is 0 Å². The molecule has 7 nitrogen and oxygen atoms in total. The number of aryl methyl sites for hydroxylation is 1. The number of carbonyl (C=O) groups is 1. The predicted molar refractivity (Wildman–Crippen MR) is 121 cm³/mol. The van der Waals surface area contributed by atoms with E-state index in [1.807, 2.05) is 31.2 Å². The van der Waals surface area contributed by atoms with E-state index in [2.05, 4.69) is 22.8 Å². The number of hydrogen-bond donors (Lipinski definition) is 3. The topological polar surface area (TPSA) is 106 Å². The van der Waals surface area contributed by atoms with Gasteiger partial charge in [0.2, 0.25) is 0 Å². The van der Waals surface area contributed by atoms with Crippen LogP contribution in [0.25, 0.3) is 22.4 Å². The molecule has 5 rings (SSSR count). The van der Waals surface area contributed by atoms with Crippen LogP contribution in [0.5, 0.6) is 0 Å². The third kappa shape index (κ3) is 3.48. The molecule has 1 amide bonds. The molecule has 2 aromatic carbocycles. The second kappa shape index (κ2) is 7.75. The average molecular weight is 413 g/mol. The lowest BCUT2D eigenvalue weighted by Gasteiger charge is -2.21. The normalized spacial score (nSPS) is 12.9. The fourth-order valence-electron chi connectivity index (χ4n) is 4.09. The maximum atomic E-state index is 11.8. The van der Waals surface area contributed by atoms with E-state index in [1.54, 1.807) is 12.1 Å². The summed E-state index contributed by atoms with van der Waals surface area (Å²) in [6, 6.07) is 15.6. The summed E-state index contributed by atoms with van der Waals surface area (Å²) >= 11 is 0. The summed E-state index contributed by atoms with van der Waals surface area (Å²) in [5.74, 6) is 2.33. The summed E-state index contributed by atoms with van der Waals surface area (Å²) in [6.45, 7) is 3.40. The fourth-order valence-corrected chi connectivity index (χ4v) is 4.09. The quantitative estimate of drug-likeness (QED) is 0.451. The minimum atomic E-state index is -0.524. The molecule has 7 heteroatoms. The molecule has 3 heterocycles. The van der Waals surface area contributed by atoms with Gasteiger partial charge in [0.05, 0.1) is 11.1 Å². The van der Waals surface area contributed by atoms with Crippen LogP contribution >= 0.6 is 0 Å².